The van der Waals surface area contributed by atoms with Crippen molar-refractivity contribution < 1.29 is 9.53 Å². The Balaban J connectivity index is 1.57. The molecule has 2 unspecified atom stereocenters. The molecule has 4 rings (SSSR count). The monoisotopic (exact) mass is 371 g/mol. The number of para-hydroxylation sites is 1. The fourth-order valence-electron chi connectivity index (χ4n) is 3.78. The van der Waals surface area contributed by atoms with Gasteiger partial charge in [-0.05, 0) is 30.2 Å². The van der Waals surface area contributed by atoms with E-state index in [1.54, 1.807) is 0 Å². The summed E-state index contributed by atoms with van der Waals surface area (Å²) in [5.41, 5.74) is 3.21. The van der Waals surface area contributed by atoms with Gasteiger partial charge in [-0.15, -0.1) is 0 Å². The van der Waals surface area contributed by atoms with Gasteiger partial charge in [0.1, 0.15) is 11.9 Å². The Morgan fingerprint density at radius 3 is 2.00 bits per heavy atom. The molecule has 3 nitrogen and oxygen atoms in total. The molecule has 1 aliphatic heterocycles. The van der Waals surface area contributed by atoms with Gasteiger partial charge >= 0.3 is 0 Å². The quantitative estimate of drug-likeness (QED) is 0.603. The molecule has 0 N–H and O–H groups in total. The van der Waals surface area contributed by atoms with Gasteiger partial charge in [-0.1, -0.05) is 72.8 Å². The van der Waals surface area contributed by atoms with Crippen LogP contribution in [-0.4, -0.2) is 22.8 Å². The summed E-state index contributed by atoms with van der Waals surface area (Å²) in [7, 11) is 0. The predicted molar refractivity (Wildman–Crippen MR) is 111 cm³/mol. The molecule has 2 atom stereocenters. The van der Waals surface area contributed by atoms with Crippen molar-refractivity contribution in [2.45, 2.75) is 38.6 Å². The highest BCUT2D eigenvalue weighted by Gasteiger charge is 2.33. The van der Waals surface area contributed by atoms with Crippen LogP contribution in [0.3, 0.4) is 0 Å². The van der Waals surface area contributed by atoms with E-state index in [4.69, 9.17) is 4.74 Å². The van der Waals surface area contributed by atoms with Gasteiger partial charge < -0.3 is 4.74 Å². The maximum atomic E-state index is 12.6. The van der Waals surface area contributed by atoms with Gasteiger partial charge in [-0.2, -0.15) is 0 Å². The number of carbonyl (C=O) groups is 1. The van der Waals surface area contributed by atoms with Crippen LogP contribution in [0.2, 0.25) is 0 Å². The van der Waals surface area contributed by atoms with Gasteiger partial charge in [0.15, 0.2) is 5.78 Å². The molecule has 0 saturated heterocycles. The van der Waals surface area contributed by atoms with Crippen LogP contribution in [0.25, 0.3) is 0 Å². The lowest BCUT2D eigenvalue weighted by molar-refractivity contribution is 0.0468. The second-order valence-electron chi connectivity index (χ2n) is 7.40. The van der Waals surface area contributed by atoms with Crippen LogP contribution in [0, 0.1) is 0 Å². The molecule has 0 saturated carbocycles. The van der Waals surface area contributed by atoms with Gasteiger partial charge in [0.05, 0.1) is 5.56 Å². The van der Waals surface area contributed by atoms with Crippen molar-refractivity contribution in [1.82, 2.24) is 4.90 Å². The van der Waals surface area contributed by atoms with Crippen LogP contribution in [0.5, 0.6) is 5.75 Å². The molecule has 0 bridgehead atoms. The highest BCUT2D eigenvalue weighted by molar-refractivity contribution is 5.99. The number of benzene rings is 3. The summed E-state index contributed by atoms with van der Waals surface area (Å²) in [6, 6.07) is 28.6. The number of ketones is 1. The van der Waals surface area contributed by atoms with Crippen molar-refractivity contribution in [3.63, 3.8) is 0 Å². The minimum Gasteiger partial charge on any atom is -0.488 e. The molecule has 3 aromatic carbocycles. The van der Waals surface area contributed by atoms with Crippen molar-refractivity contribution in [1.29, 1.82) is 0 Å². The van der Waals surface area contributed by atoms with Crippen molar-refractivity contribution in [3.05, 3.63) is 102 Å². The zero-order valence-electron chi connectivity index (χ0n) is 16.1. The van der Waals surface area contributed by atoms with Crippen molar-refractivity contribution >= 4 is 5.78 Å². The third-order valence-corrected chi connectivity index (χ3v) is 5.42. The zero-order valence-corrected chi connectivity index (χ0v) is 16.1. The molecule has 142 valence electrons. The third-order valence-electron chi connectivity index (χ3n) is 5.42. The van der Waals surface area contributed by atoms with E-state index >= 15 is 0 Å². The van der Waals surface area contributed by atoms with Crippen LogP contribution in [-0.2, 0) is 13.1 Å². The number of Topliss-reactive ketones (excluding diaryl/α,β-unsaturated/α-hetero) is 1. The van der Waals surface area contributed by atoms with Crippen molar-refractivity contribution in [3.8, 4) is 5.75 Å². The summed E-state index contributed by atoms with van der Waals surface area (Å²) in [5, 5.41) is 0. The zero-order chi connectivity index (χ0) is 19.3. The number of rotatable bonds is 6. The number of carbonyl (C=O) groups excluding carboxylic acids is 1. The van der Waals surface area contributed by atoms with E-state index in [1.807, 2.05) is 36.4 Å². The van der Waals surface area contributed by atoms with Crippen LogP contribution in [0.15, 0.2) is 84.9 Å². The summed E-state index contributed by atoms with van der Waals surface area (Å²) >= 11 is 0. The lowest BCUT2D eigenvalue weighted by atomic mass is 9.96. The molecule has 0 aromatic heterocycles. The number of hydrogen-bond acceptors (Lipinski definition) is 3. The Hall–Kier alpha value is -2.91. The van der Waals surface area contributed by atoms with Crippen molar-refractivity contribution in [2.75, 3.05) is 0 Å². The highest BCUT2D eigenvalue weighted by Crippen LogP contribution is 2.30. The second-order valence-corrected chi connectivity index (χ2v) is 7.40. The molecule has 1 heterocycles. The van der Waals surface area contributed by atoms with Gasteiger partial charge in [0, 0.05) is 25.6 Å². The molecule has 0 aliphatic carbocycles. The fraction of sp³-hybridized carbons (Fsp3) is 0.240. The molecule has 0 spiro atoms. The molecule has 0 fully saturated rings. The average Bonchev–Trinajstić information content (AvgIpc) is 2.74. The Bertz CT molecular complexity index is 882. The molecule has 3 aromatic rings. The predicted octanol–water partition coefficient (Wildman–Crippen LogP) is 5.11. The number of ether oxygens (including phenoxy) is 1. The van der Waals surface area contributed by atoms with E-state index in [9.17, 15) is 4.79 Å². The van der Waals surface area contributed by atoms with Crippen LogP contribution >= 0.6 is 0 Å². The first-order valence-corrected chi connectivity index (χ1v) is 9.81. The average molecular weight is 371 g/mol. The molecular weight excluding hydrogens is 346 g/mol. The Morgan fingerprint density at radius 1 is 0.857 bits per heavy atom. The molecule has 3 heteroatoms. The number of hydrogen-bond donors (Lipinski definition) is 0. The van der Waals surface area contributed by atoms with Gasteiger partial charge in [-0.3, -0.25) is 9.69 Å². The maximum absolute atomic E-state index is 12.6. The first kappa shape index (κ1) is 18.5. The summed E-state index contributed by atoms with van der Waals surface area (Å²) in [4.78, 5) is 15.0. The Morgan fingerprint density at radius 2 is 1.39 bits per heavy atom. The topological polar surface area (TPSA) is 29.5 Å². The van der Waals surface area contributed by atoms with Crippen LogP contribution in [0.1, 0.15) is 34.8 Å². The van der Waals surface area contributed by atoms with E-state index in [2.05, 4.69) is 60.4 Å². The van der Waals surface area contributed by atoms with E-state index in [1.165, 1.54) is 11.1 Å². The van der Waals surface area contributed by atoms with Crippen molar-refractivity contribution in [2.24, 2.45) is 0 Å². The molecule has 28 heavy (non-hydrogen) atoms. The van der Waals surface area contributed by atoms with E-state index < -0.39 is 0 Å². The van der Waals surface area contributed by atoms with Gasteiger partial charge in [0.2, 0.25) is 0 Å². The number of nitrogens with zero attached hydrogens (tertiary/aromatic N) is 1. The SMILES string of the molecule is CC(C1CC(=O)c2ccccc2O1)N(Cc1ccccc1)Cc1ccccc1. The van der Waals surface area contributed by atoms with Crippen LogP contribution in [0.4, 0.5) is 0 Å². The van der Waals surface area contributed by atoms with E-state index in [0.29, 0.717) is 17.7 Å². The maximum Gasteiger partial charge on any atom is 0.170 e. The minimum absolute atomic E-state index is 0.0951. The smallest absolute Gasteiger partial charge is 0.170 e. The largest absolute Gasteiger partial charge is 0.488 e. The summed E-state index contributed by atoms with van der Waals surface area (Å²) in [5.74, 6) is 0.869. The van der Waals surface area contributed by atoms with E-state index in [0.717, 1.165) is 13.1 Å². The van der Waals surface area contributed by atoms with E-state index in [-0.39, 0.29) is 17.9 Å². The summed E-state index contributed by atoms with van der Waals surface area (Å²) < 4.78 is 6.26. The fourth-order valence-corrected chi connectivity index (χ4v) is 3.78. The lowest BCUT2D eigenvalue weighted by Gasteiger charge is -2.37. The van der Waals surface area contributed by atoms with Gasteiger partial charge in [-0.25, -0.2) is 0 Å². The second kappa shape index (κ2) is 8.41. The molecule has 0 radical (unpaired) electrons. The first-order valence-electron chi connectivity index (χ1n) is 9.81. The molecule has 0 amide bonds. The third kappa shape index (κ3) is 4.15. The molecule has 1 aliphatic rings. The Kier molecular flexibility index (Phi) is 5.54. The van der Waals surface area contributed by atoms with Gasteiger partial charge in [0.25, 0.3) is 0 Å². The summed E-state index contributed by atoms with van der Waals surface area (Å²) in [6.45, 7) is 3.79. The normalized spacial score (nSPS) is 17.1. The standard InChI is InChI=1S/C25H25NO2/c1-19(25-16-23(27)22-14-8-9-15-24(22)28-25)26(17-20-10-4-2-5-11-20)18-21-12-6-3-7-13-21/h2-15,19,25H,16-18H2,1H3. The highest BCUT2D eigenvalue weighted by atomic mass is 16.5. The lowest BCUT2D eigenvalue weighted by Crippen LogP contribution is -2.46. The Labute approximate surface area is 166 Å². The molecular formula is C25H25NO2. The first-order chi connectivity index (χ1) is 13.7. The summed E-state index contributed by atoms with van der Waals surface area (Å²) in [6.07, 6.45) is 0.257. The number of fused-ring (bicyclic) bond motifs is 1. The van der Waals surface area contributed by atoms with Crippen LogP contribution < -0.4 is 4.74 Å². The minimum atomic E-state index is -0.158.